The number of nitrogens with zero attached hydrogens (tertiary/aromatic N) is 2. The number of aromatic nitrogens is 1. The Bertz CT molecular complexity index is 835. The molecule has 4 rings (SSSR count). The lowest BCUT2D eigenvalue weighted by Crippen LogP contribution is -2.50. The number of fused-ring (bicyclic) bond motifs is 1. The zero-order valence-corrected chi connectivity index (χ0v) is 13.4. The van der Waals surface area contributed by atoms with Crippen LogP contribution in [0, 0.1) is 0 Å². The molecule has 2 N–H and O–H groups in total. The predicted molar refractivity (Wildman–Crippen MR) is 97.5 cm³/mol. The number of hydrogen-bond acceptors (Lipinski definition) is 2. The largest absolute Gasteiger partial charge is 0.368 e. The number of hydrogen-bond donors (Lipinski definition) is 2. The van der Waals surface area contributed by atoms with Crippen molar-refractivity contribution in [1.82, 2.24) is 9.88 Å². The first kappa shape index (κ1) is 14.6. The van der Waals surface area contributed by atoms with Crippen LogP contribution in [-0.4, -0.2) is 42.1 Å². The van der Waals surface area contributed by atoms with E-state index in [0.29, 0.717) is 0 Å². The van der Waals surface area contributed by atoms with Gasteiger partial charge in [-0.1, -0.05) is 18.2 Å². The van der Waals surface area contributed by atoms with Crippen molar-refractivity contribution in [2.45, 2.75) is 0 Å². The van der Waals surface area contributed by atoms with E-state index >= 15 is 0 Å². The standard InChI is InChI=1S/C19H20N4O/c24-19(21-16-6-7-18-15(14-16)8-9-20-18)23-12-10-22(11-13-23)17-4-2-1-3-5-17/h1-9,14,20H,10-13H2,(H,21,24). The summed E-state index contributed by atoms with van der Waals surface area (Å²) in [6.45, 7) is 3.17. The van der Waals surface area contributed by atoms with Crippen LogP contribution in [0.15, 0.2) is 60.8 Å². The zero-order chi connectivity index (χ0) is 16.4. The molecule has 5 nitrogen and oxygen atoms in total. The summed E-state index contributed by atoms with van der Waals surface area (Å²) < 4.78 is 0. The summed E-state index contributed by atoms with van der Waals surface area (Å²) in [7, 11) is 0. The number of benzene rings is 2. The molecule has 24 heavy (non-hydrogen) atoms. The molecule has 1 fully saturated rings. The molecule has 2 aromatic carbocycles. The van der Waals surface area contributed by atoms with Gasteiger partial charge < -0.3 is 20.1 Å². The quantitative estimate of drug-likeness (QED) is 0.759. The lowest BCUT2D eigenvalue weighted by atomic mass is 10.2. The molecule has 0 saturated carbocycles. The number of piperazine rings is 1. The maximum absolute atomic E-state index is 12.5. The SMILES string of the molecule is O=C(Nc1ccc2[nH]ccc2c1)N1CCN(c2ccccc2)CC1. The maximum Gasteiger partial charge on any atom is 0.321 e. The van der Waals surface area contributed by atoms with Gasteiger partial charge in [-0.3, -0.25) is 0 Å². The van der Waals surface area contributed by atoms with Gasteiger partial charge in [0.15, 0.2) is 0 Å². The highest BCUT2D eigenvalue weighted by Gasteiger charge is 2.21. The Balaban J connectivity index is 1.37. The molecule has 0 spiro atoms. The number of carbonyl (C=O) groups is 1. The molecule has 0 aliphatic carbocycles. The van der Waals surface area contributed by atoms with Crippen LogP contribution in [-0.2, 0) is 0 Å². The van der Waals surface area contributed by atoms with E-state index in [9.17, 15) is 4.79 Å². The molecular weight excluding hydrogens is 300 g/mol. The second-order valence-corrected chi connectivity index (χ2v) is 6.02. The number of urea groups is 1. The van der Waals surface area contributed by atoms with Crippen molar-refractivity contribution >= 4 is 28.3 Å². The zero-order valence-electron chi connectivity index (χ0n) is 13.4. The summed E-state index contributed by atoms with van der Waals surface area (Å²) >= 11 is 0. The van der Waals surface area contributed by atoms with E-state index in [4.69, 9.17) is 0 Å². The van der Waals surface area contributed by atoms with Gasteiger partial charge >= 0.3 is 6.03 Å². The molecule has 3 aromatic rings. The van der Waals surface area contributed by atoms with Crippen LogP contribution in [0.1, 0.15) is 0 Å². The van der Waals surface area contributed by atoms with E-state index in [2.05, 4.69) is 27.3 Å². The monoisotopic (exact) mass is 320 g/mol. The first-order chi connectivity index (χ1) is 11.8. The summed E-state index contributed by atoms with van der Waals surface area (Å²) in [6, 6.07) is 18.2. The third kappa shape index (κ3) is 2.93. The van der Waals surface area contributed by atoms with Crippen LogP contribution in [0.3, 0.4) is 0 Å². The summed E-state index contributed by atoms with van der Waals surface area (Å²) in [4.78, 5) is 19.8. The van der Waals surface area contributed by atoms with E-state index < -0.39 is 0 Å². The molecule has 2 heterocycles. The van der Waals surface area contributed by atoms with E-state index in [1.165, 1.54) is 5.69 Å². The topological polar surface area (TPSA) is 51.4 Å². The van der Waals surface area contributed by atoms with Crippen molar-refractivity contribution in [2.24, 2.45) is 0 Å². The summed E-state index contributed by atoms with van der Waals surface area (Å²) in [5.74, 6) is 0. The van der Waals surface area contributed by atoms with Crippen molar-refractivity contribution in [3.63, 3.8) is 0 Å². The molecule has 2 amide bonds. The molecule has 0 radical (unpaired) electrons. The first-order valence-electron chi connectivity index (χ1n) is 8.23. The minimum atomic E-state index is -0.0300. The fourth-order valence-electron chi connectivity index (χ4n) is 3.14. The van der Waals surface area contributed by atoms with Gasteiger partial charge in [0.2, 0.25) is 0 Å². The van der Waals surface area contributed by atoms with Crippen molar-refractivity contribution in [2.75, 3.05) is 36.4 Å². The molecule has 0 atom stereocenters. The normalized spacial score (nSPS) is 14.8. The average Bonchev–Trinajstić information content (AvgIpc) is 3.10. The van der Waals surface area contributed by atoms with E-state index in [-0.39, 0.29) is 6.03 Å². The third-order valence-electron chi connectivity index (χ3n) is 4.49. The average molecular weight is 320 g/mol. The van der Waals surface area contributed by atoms with E-state index in [1.807, 2.05) is 53.6 Å². The molecule has 1 aliphatic heterocycles. The van der Waals surface area contributed by atoms with Gasteiger partial charge in [0, 0.05) is 54.7 Å². The lowest BCUT2D eigenvalue weighted by Gasteiger charge is -2.36. The minimum absolute atomic E-state index is 0.0300. The molecular formula is C19H20N4O. The fourth-order valence-corrected chi connectivity index (χ4v) is 3.14. The fraction of sp³-hybridized carbons (Fsp3) is 0.211. The number of para-hydroxylation sites is 1. The van der Waals surface area contributed by atoms with Gasteiger partial charge in [0.1, 0.15) is 0 Å². The number of carbonyl (C=O) groups excluding carboxylic acids is 1. The van der Waals surface area contributed by atoms with Gasteiger partial charge in [-0.05, 0) is 36.4 Å². The molecule has 122 valence electrons. The van der Waals surface area contributed by atoms with Gasteiger partial charge in [0.25, 0.3) is 0 Å². The Morgan fingerprint density at radius 1 is 0.958 bits per heavy atom. The van der Waals surface area contributed by atoms with Crippen molar-refractivity contribution < 1.29 is 4.79 Å². The van der Waals surface area contributed by atoms with Crippen LogP contribution in [0.2, 0.25) is 0 Å². The Morgan fingerprint density at radius 3 is 2.54 bits per heavy atom. The number of rotatable bonds is 2. The predicted octanol–water partition coefficient (Wildman–Crippen LogP) is 3.52. The van der Waals surface area contributed by atoms with Crippen molar-refractivity contribution in [3.8, 4) is 0 Å². The summed E-state index contributed by atoms with van der Waals surface area (Å²) in [5, 5.41) is 4.10. The van der Waals surface area contributed by atoms with E-state index in [1.54, 1.807) is 0 Å². The van der Waals surface area contributed by atoms with Crippen LogP contribution in [0.4, 0.5) is 16.2 Å². The first-order valence-corrected chi connectivity index (χ1v) is 8.23. The Hall–Kier alpha value is -2.95. The number of H-pyrrole nitrogens is 1. The summed E-state index contributed by atoms with van der Waals surface area (Å²) in [6.07, 6.45) is 1.90. The molecule has 0 bridgehead atoms. The van der Waals surface area contributed by atoms with Gasteiger partial charge in [-0.2, -0.15) is 0 Å². The Kier molecular flexibility index (Phi) is 3.83. The van der Waals surface area contributed by atoms with Gasteiger partial charge in [-0.15, -0.1) is 0 Å². The number of amides is 2. The smallest absolute Gasteiger partial charge is 0.321 e. The number of aromatic amines is 1. The van der Waals surface area contributed by atoms with Crippen LogP contribution >= 0.6 is 0 Å². The number of anilines is 2. The second-order valence-electron chi connectivity index (χ2n) is 6.02. The highest BCUT2D eigenvalue weighted by atomic mass is 16.2. The Morgan fingerprint density at radius 2 is 1.75 bits per heavy atom. The van der Waals surface area contributed by atoms with Gasteiger partial charge in [-0.25, -0.2) is 4.79 Å². The Labute approximate surface area is 140 Å². The molecule has 1 saturated heterocycles. The van der Waals surface area contributed by atoms with Crippen molar-refractivity contribution in [1.29, 1.82) is 0 Å². The van der Waals surface area contributed by atoms with Crippen LogP contribution < -0.4 is 10.2 Å². The van der Waals surface area contributed by atoms with Gasteiger partial charge in [0.05, 0.1) is 0 Å². The summed E-state index contributed by atoms with van der Waals surface area (Å²) in [5.41, 5.74) is 3.12. The highest BCUT2D eigenvalue weighted by molar-refractivity contribution is 5.92. The molecule has 1 aliphatic rings. The third-order valence-corrected chi connectivity index (χ3v) is 4.49. The lowest BCUT2D eigenvalue weighted by molar-refractivity contribution is 0.208. The van der Waals surface area contributed by atoms with Crippen LogP contribution in [0.5, 0.6) is 0 Å². The molecule has 5 heteroatoms. The van der Waals surface area contributed by atoms with Crippen LogP contribution in [0.25, 0.3) is 10.9 Å². The number of nitrogens with one attached hydrogen (secondary N) is 2. The molecule has 1 aromatic heterocycles. The van der Waals surface area contributed by atoms with Crippen molar-refractivity contribution in [3.05, 3.63) is 60.8 Å². The second kappa shape index (κ2) is 6.28. The molecule has 0 unspecified atom stereocenters. The highest BCUT2D eigenvalue weighted by Crippen LogP contribution is 2.19. The minimum Gasteiger partial charge on any atom is -0.368 e. The maximum atomic E-state index is 12.5. The van der Waals surface area contributed by atoms with E-state index in [0.717, 1.165) is 42.8 Å².